The molecular weight excluding hydrogens is 266 g/mol. The number of methoxy groups -OCH3 is 1. The van der Waals surface area contributed by atoms with Crippen LogP contribution >= 0.6 is 0 Å². The molecule has 100 valence electrons. The number of nitrogens with zero attached hydrogens (tertiary/aromatic N) is 3. The molecule has 0 spiro atoms. The zero-order chi connectivity index (χ0) is 13.9. The van der Waals surface area contributed by atoms with Gasteiger partial charge in [-0.1, -0.05) is 6.07 Å². The van der Waals surface area contributed by atoms with Gasteiger partial charge in [0.15, 0.2) is 21.4 Å². The summed E-state index contributed by atoms with van der Waals surface area (Å²) >= 11 is 0. The minimum absolute atomic E-state index is 0.196. The van der Waals surface area contributed by atoms with Crippen LogP contribution in [0.2, 0.25) is 0 Å². The van der Waals surface area contributed by atoms with Crippen molar-refractivity contribution in [3.05, 3.63) is 36.3 Å². The molecule has 0 aliphatic rings. The first-order valence-corrected chi connectivity index (χ1v) is 7.54. The summed E-state index contributed by atoms with van der Waals surface area (Å²) < 4.78 is 27.8. The largest absolute Gasteiger partial charge is 0.493 e. The number of rotatable bonds is 4. The Bertz CT molecular complexity index is 672. The molecule has 0 fully saturated rings. The number of hydrogen-bond acceptors (Lipinski definition) is 6. The van der Waals surface area contributed by atoms with E-state index in [0.717, 1.165) is 6.26 Å². The topological polar surface area (TPSA) is 82.0 Å². The maximum absolute atomic E-state index is 11.4. The number of ether oxygens (including phenoxy) is 1. The van der Waals surface area contributed by atoms with Crippen LogP contribution in [0.4, 0.5) is 0 Å². The average Bonchev–Trinajstić information content (AvgIpc) is 2.38. The third-order valence-electron chi connectivity index (χ3n) is 2.34. The van der Waals surface area contributed by atoms with E-state index in [1.807, 2.05) is 6.07 Å². The van der Waals surface area contributed by atoms with Crippen LogP contribution in [0.3, 0.4) is 0 Å². The summed E-state index contributed by atoms with van der Waals surface area (Å²) in [6, 6.07) is 5.35. The molecule has 6 nitrogen and oxygen atoms in total. The van der Waals surface area contributed by atoms with Crippen LogP contribution in [-0.2, 0) is 15.6 Å². The zero-order valence-corrected chi connectivity index (χ0v) is 11.4. The molecule has 2 aromatic heterocycles. The van der Waals surface area contributed by atoms with Gasteiger partial charge in [0.25, 0.3) is 0 Å². The maximum Gasteiger partial charge on any atom is 0.178 e. The van der Waals surface area contributed by atoms with Crippen molar-refractivity contribution < 1.29 is 13.2 Å². The van der Waals surface area contributed by atoms with Gasteiger partial charge >= 0.3 is 0 Å². The van der Waals surface area contributed by atoms with Gasteiger partial charge in [-0.05, 0) is 12.1 Å². The highest BCUT2D eigenvalue weighted by atomic mass is 32.2. The van der Waals surface area contributed by atoms with Gasteiger partial charge in [-0.2, -0.15) is 0 Å². The molecule has 0 radical (unpaired) electrons. The van der Waals surface area contributed by atoms with Crippen LogP contribution in [0.15, 0.2) is 30.6 Å². The van der Waals surface area contributed by atoms with Crippen molar-refractivity contribution in [3.8, 4) is 17.3 Å². The molecule has 19 heavy (non-hydrogen) atoms. The van der Waals surface area contributed by atoms with E-state index in [-0.39, 0.29) is 5.75 Å². The molecule has 2 rings (SSSR count). The smallest absolute Gasteiger partial charge is 0.178 e. The van der Waals surface area contributed by atoms with Gasteiger partial charge < -0.3 is 4.74 Å². The highest BCUT2D eigenvalue weighted by Gasteiger charge is 2.14. The quantitative estimate of drug-likeness (QED) is 0.833. The summed E-state index contributed by atoms with van der Waals surface area (Å²) in [7, 11) is -1.75. The second kappa shape index (κ2) is 5.31. The number of aromatic nitrogens is 3. The summed E-state index contributed by atoms with van der Waals surface area (Å²) in [5.41, 5.74) is 0.917. The second-order valence-corrected chi connectivity index (χ2v) is 6.13. The van der Waals surface area contributed by atoms with E-state index in [1.54, 1.807) is 18.3 Å². The highest BCUT2D eigenvalue weighted by Crippen LogP contribution is 2.20. The average molecular weight is 279 g/mol. The first-order chi connectivity index (χ1) is 8.99. The Balaban J connectivity index is 2.47. The molecule has 0 aromatic carbocycles. The predicted molar refractivity (Wildman–Crippen MR) is 70.4 cm³/mol. The fourth-order valence-electron chi connectivity index (χ4n) is 1.55. The van der Waals surface area contributed by atoms with Gasteiger partial charge in [0.05, 0.1) is 19.1 Å². The molecule has 0 bridgehead atoms. The van der Waals surface area contributed by atoms with Crippen molar-refractivity contribution in [1.29, 1.82) is 0 Å². The molecule has 7 heteroatoms. The lowest BCUT2D eigenvalue weighted by atomic mass is 10.3. The van der Waals surface area contributed by atoms with E-state index in [0.29, 0.717) is 23.0 Å². The molecule has 0 aliphatic heterocycles. The summed E-state index contributed by atoms with van der Waals surface area (Å²) in [6.07, 6.45) is 4.23. The van der Waals surface area contributed by atoms with E-state index < -0.39 is 9.84 Å². The fourth-order valence-corrected chi connectivity index (χ4v) is 2.25. The Labute approximate surface area is 111 Å². The molecule has 0 saturated carbocycles. The van der Waals surface area contributed by atoms with Gasteiger partial charge in [0.1, 0.15) is 11.4 Å². The van der Waals surface area contributed by atoms with Crippen LogP contribution in [0.25, 0.3) is 11.5 Å². The normalized spacial score (nSPS) is 11.3. The Morgan fingerprint density at radius 1 is 1.26 bits per heavy atom. The van der Waals surface area contributed by atoms with Crippen molar-refractivity contribution in [2.45, 2.75) is 5.75 Å². The Morgan fingerprint density at radius 3 is 2.63 bits per heavy atom. The van der Waals surface area contributed by atoms with Crippen molar-refractivity contribution >= 4 is 9.84 Å². The molecular formula is C12H13N3O3S. The molecule has 0 aliphatic carbocycles. The van der Waals surface area contributed by atoms with E-state index in [1.165, 1.54) is 13.3 Å². The van der Waals surface area contributed by atoms with Gasteiger partial charge in [-0.25, -0.2) is 18.4 Å². The minimum atomic E-state index is -3.20. The summed E-state index contributed by atoms with van der Waals surface area (Å²) in [5.74, 6) is 0.531. The van der Waals surface area contributed by atoms with Crippen LogP contribution < -0.4 is 4.74 Å². The second-order valence-electron chi connectivity index (χ2n) is 3.99. The van der Waals surface area contributed by atoms with Crippen LogP contribution in [-0.4, -0.2) is 36.7 Å². The summed E-state index contributed by atoms with van der Waals surface area (Å²) in [6.45, 7) is 0. The van der Waals surface area contributed by atoms with Crippen molar-refractivity contribution in [1.82, 2.24) is 15.0 Å². The standard InChI is InChI=1S/C12H13N3O3S/c1-18-11-7-14-12(9-5-3-4-6-13-9)15-10(11)8-19(2,16)17/h3-7H,8H2,1-2H3. The zero-order valence-electron chi connectivity index (χ0n) is 10.6. The van der Waals surface area contributed by atoms with Crippen molar-refractivity contribution in [3.63, 3.8) is 0 Å². The highest BCUT2D eigenvalue weighted by molar-refractivity contribution is 7.89. The van der Waals surface area contributed by atoms with Gasteiger partial charge in [-0.3, -0.25) is 4.98 Å². The lowest BCUT2D eigenvalue weighted by molar-refractivity contribution is 0.406. The van der Waals surface area contributed by atoms with Crippen LogP contribution in [0.5, 0.6) is 5.75 Å². The molecule has 2 heterocycles. The predicted octanol–water partition coefficient (Wildman–Crippen LogP) is 1.09. The number of hydrogen-bond donors (Lipinski definition) is 0. The van der Waals surface area contributed by atoms with Crippen LogP contribution in [0.1, 0.15) is 5.69 Å². The Hall–Kier alpha value is -2.02. The first kappa shape index (κ1) is 13.4. The molecule has 0 amide bonds. The molecule has 0 saturated heterocycles. The molecule has 0 unspecified atom stereocenters. The summed E-state index contributed by atoms with van der Waals surface area (Å²) in [4.78, 5) is 12.5. The molecule has 0 atom stereocenters. The van der Waals surface area contributed by atoms with E-state index in [2.05, 4.69) is 15.0 Å². The van der Waals surface area contributed by atoms with Gasteiger partial charge in [-0.15, -0.1) is 0 Å². The van der Waals surface area contributed by atoms with Gasteiger partial charge in [0.2, 0.25) is 0 Å². The maximum atomic E-state index is 11.4. The third-order valence-corrected chi connectivity index (χ3v) is 3.14. The molecule has 0 N–H and O–H groups in total. The minimum Gasteiger partial charge on any atom is -0.493 e. The van der Waals surface area contributed by atoms with Gasteiger partial charge in [0, 0.05) is 12.5 Å². The van der Waals surface area contributed by atoms with Crippen LogP contribution in [0, 0.1) is 0 Å². The lowest BCUT2D eigenvalue weighted by Gasteiger charge is -2.07. The monoisotopic (exact) mass is 279 g/mol. The first-order valence-electron chi connectivity index (χ1n) is 5.48. The van der Waals surface area contributed by atoms with Crippen molar-refractivity contribution in [2.24, 2.45) is 0 Å². The fraction of sp³-hybridized carbons (Fsp3) is 0.250. The Kier molecular flexibility index (Phi) is 3.75. The third kappa shape index (κ3) is 3.47. The number of pyridine rings is 1. The van der Waals surface area contributed by atoms with E-state index in [9.17, 15) is 8.42 Å². The van der Waals surface area contributed by atoms with E-state index >= 15 is 0 Å². The molecule has 2 aromatic rings. The summed E-state index contributed by atoms with van der Waals surface area (Å²) in [5, 5.41) is 0. The lowest BCUT2D eigenvalue weighted by Crippen LogP contribution is -2.07. The Morgan fingerprint density at radius 2 is 2.05 bits per heavy atom. The van der Waals surface area contributed by atoms with E-state index in [4.69, 9.17) is 4.74 Å². The van der Waals surface area contributed by atoms with Crippen molar-refractivity contribution in [2.75, 3.05) is 13.4 Å². The SMILES string of the molecule is COc1cnc(-c2ccccn2)nc1CS(C)(=O)=O. The number of sulfone groups is 1.